The molecular formula is C29H33N5O5. The van der Waals surface area contributed by atoms with Crippen LogP contribution >= 0.6 is 0 Å². The third-order valence-electron chi connectivity index (χ3n) is 8.41. The van der Waals surface area contributed by atoms with Crippen LogP contribution in [0.4, 0.5) is 0 Å². The van der Waals surface area contributed by atoms with Crippen molar-refractivity contribution in [2.45, 2.75) is 76.8 Å². The number of ketones is 2. The van der Waals surface area contributed by atoms with E-state index in [1.807, 2.05) is 11.0 Å². The Labute approximate surface area is 226 Å². The summed E-state index contributed by atoms with van der Waals surface area (Å²) in [5.41, 5.74) is 0.953. The molecular weight excluding hydrogens is 498 g/mol. The Balaban J connectivity index is 1.18. The molecule has 39 heavy (non-hydrogen) atoms. The van der Waals surface area contributed by atoms with Gasteiger partial charge in [0.2, 0.25) is 5.91 Å². The van der Waals surface area contributed by atoms with Crippen LogP contribution in [0.2, 0.25) is 0 Å². The molecule has 3 fully saturated rings. The van der Waals surface area contributed by atoms with Crippen LogP contribution in [0.15, 0.2) is 36.7 Å². The summed E-state index contributed by atoms with van der Waals surface area (Å²) in [6, 6.07) is 6.86. The van der Waals surface area contributed by atoms with Gasteiger partial charge in [0, 0.05) is 44.3 Å². The lowest BCUT2D eigenvalue weighted by atomic mass is 9.95. The summed E-state index contributed by atoms with van der Waals surface area (Å²) in [6.45, 7) is 1.62. The fourth-order valence-corrected chi connectivity index (χ4v) is 6.34. The van der Waals surface area contributed by atoms with Gasteiger partial charge in [-0.25, -0.2) is 9.97 Å². The number of methoxy groups -OCH3 is 1. The van der Waals surface area contributed by atoms with Gasteiger partial charge >= 0.3 is 0 Å². The predicted octanol–water partition coefficient (Wildman–Crippen LogP) is 3.37. The summed E-state index contributed by atoms with van der Waals surface area (Å²) in [7, 11) is 1.73. The molecule has 1 saturated heterocycles. The van der Waals surface area contributed by atoms with Gasteiger partial charge in [-0.2, -0.15) is 5.10 Å². The molecule has 3 aliphatic rings. The molecule has 0 bridgehead atoms. The predicted molar refractivity (Wildman–Crippen MR) is 141 cm³/mol. The summed E-state index contributed by atoms with van der Waals surface area (Å²) < 4.78 is 12.9. The summed E-state index contributed by atoms with van der Waals surface area (Å²) in [5, 5.41) is 5.13. The quantitative estimate of drug-likeness (QED) is 0.366. The highest BCUT2D eigenvalue weighted by atomic mass is 16.5. The molecule has 2 aromatic heterocycles. The second kappa shape index (κ2) is 10.5. The van der Waals surface area contributed by atoms with E-state index in [1.165, 1.54) is 6.92 Å². The molecule has 0 unspecified atom stereocenters. The van der Waals surface area contributed by atoms with Gasteiger partial charge in [-0.1, -0.05) is 0 Å². The van der Waals surface area contributed by atoms with Gasteiger partial charge in [0.15, 0.2) is 17.4 Å². The lowest BCUT2D eigenvalue weighted by molar-refractivity contribution is -0.139. The molecule has 3 heterocycles. The van der Waals surface area contributed by atoms with Crippen LogP contribution in [0, 0.1) is 11.8 Å². The van der Waals surface area contributed by atoms with Gasteiger partial charge in [-0.3, -0.25) is 19.1 Å². The minimum absolute atomic E-state index is 0.0238. The molecule has 0 N–H and O–H groups in total. The van der Waals surface area contributed by atoms with E-state index in [-0.39, 0.29) is 54.5 Å². The van der Waals surface area contributed by atoms with Crippen LogP contribution in [0.5, 0.6) is 5.75 Å². The Morgan fingerprint density at radius 1 is 1.08 bits per heavy atom. The standard InChI is InChI=1S/C29H33N5O5/c1-17(35)29-22-14-21(39-16-27-30-8-3-9-31-27)6-7-23(22)33(32-29)15-28(37)34-24-12-19(24)13-25(34)26(36)11-18-4-5-20(10-18)38-2/h3,6-9,14,18-20,24-25H,4-5,10-13,15-16H2,1-2H3/t18-,19-,20-,24-,25+/m1/s1. The SMILES string of the molecule is CO[C@@H]1CC[C@@H](CC(=O)[C@@H]2C[C@H]3C[C@H]3N2C(=O)Cn2nc(C(C)=O)c3cc(OCc4ncccn4)ccc32)C1. The van der Waals surface area contributed by atoms with Gasteiger partial charge in [-0.05, 0) is 68.2 Å². The van der Waals surface area contributed by atoms with E-state index in [4.69, 9.17) is 9.47 Å². The summed E-state index contributed by atoms with van der Waals surface area (Å²) in [6.07, 6.45) is 8.64. The summed E-state index contributed by atoms with van der Waals surface area (Å²) in [5.74, 6) is 1.68. The van der Waals surface area contributed by atoms with Gasteiger partial charge in [0.1, 0.15) is 24.6 Å². The number of nitrogens with zero attached hydrogens (tertiary/aromatic N) is 5. The van der Waals surface area contributed by atoms with Gasteiger partial charge in [-0.15, -0.1) is 0 Å². The molecule has 1 aromatic carbocycles. The maximum atomic E-state index is 13.6. The first-order valence-electron chi connectivity index (χ1n) is 13.7. The van der Waals surface area contributed by atoms with E-state index in [2.05, 4.69) is 15.1 Å². The Hall–Kier alpha value is -3.66. The number of hydrogen-bond donors (Lipinski definition) is 0. The number of rotatable bonds is 10. The van der Waals surface area contributed by atoms with Gasteiger partial charge in [0.05, 0.1) is 17.7 Å². The second-order valence-corrected chi connectivity index (χ2v) is 11.0. The molecule has 1 aliphatic heterocycles. The summed E-state index contributed by atoms with van der Waals surface area (Å²) in [4.78, 5) is 49.5. The molecule has 2 saturated carbocycles. The monoisotopic (exact) mass is 531 g/mol. The molecule has 2 aliphatic carbocycles. The molecule has 0 spiro atoms. The van der Waals surface area contributed by atoms with Gasteiger partial charge < -0.3 is 14.4 Å². The maximum Gasteiger partial charge on any atom is 0.245 e. The van der Waals surface area contributed by atoms with Crippen molar-refractivity contribution in [2.24, 2.45) is 11.8 Å². The van der Waals surface area contributed by atoms with Crippen LogP contribution in [-0.4, -0.2) is 67.4 Å². The fourth-order valence-electron chi connectivity index (χ4n) is 6.34. The van der Waals surface area contributed by atoms with Crippen molar-refractivity contribution < 1.29 is 23.9 Å². The Morgan fingerprint density at radius 3 is 2.64 bits per heavy atom. The number of piperidine rings is 1. The molecule has 204 valence electrons. The lowest BCUT2D eigenvalue weighted by Gasteiger charge is -2.27. The number of amides is 1. The van der Waals surface area contributed by atoms with E-state index >= 15 is 0 Å². The molecule has 6 rings (SSSR count). The van der Waals surface area contributed by atoms with Crippen LogP contribution in [-0.2, 0) is 27.5 Å². The average Bonchev–Trinajstić information content (AvgIpc) is 3.26. The first-order valence-corrected chi connectivity index (χ1v) is 13.7. The van der Waals surface area contributed by atoms with Gasteiger partial charge in [0.25, 0.3) is 0 Å². The normalized spacial score (nSPS) is 25.6. The molecule has 1 amide bonds. The van der Waals surface area contributed by atoms with Crippen molar-refractivity contribution in [3.8, 4) is 5.75 Å². The van der Waals surface area contributed by atoms with Crippen molar-refractivity contribution in [2.75, 3.05) is 7.11 Å². The van der Waals surface area contributed by atoms with E-state index in [1.54, 1.807) is 42.4 Å². The zero-order valence-corrected chi connectivity index (χ0v) is 22.3. The Morgan fingerprint density at radius 2 is 1.90 bits per heavy atom. The smallest absolute Gasteiger partial charge is 0.245 e. The molecule has 3 aromatic rings. The highest BCUT2D eigenvalue weighted by Gasteiger charge is 2.55. The minimum Gasteiger partial charge on any atom is -0.486 e. The number of aromatic nitrogens is 4. The number of likely N-dealkylation sites (tertiary alicyclic amines) is 1. The van der Waals surface area contributed by atoms with E-state index in [0.29, 0.717) is 40.7 Å². The second-order valence-electron chi connectivity index (χ2n) is 11.0. The van der Waals surface area contributed by atoms with Crippen LogP contribution in [0.25, 0.3) is 10.9 Å². The number of ether oxygens (including phenoxy) is 2. The number of benzene rings is 1. The zero-order chi connectivity index (χ0) is 27.1. The molecule has 10 nitrogen and oxygen atoms in total. The Kier molecular flexibility index (Phi) is 6.88. The minimum atomic E-state index is -0.364. The largest absolute Gasteiger partial charge is 0.486 e. The van der Waals surface area contributed by atoms with E-state index in [9.17, 15) is 14.4 Å². The van der Waals surface area contributed by atoms with Crippen molar-refractivity contribution in [3.05, 3.63) is 48.2 Å². The van der Waals surface area contributed by atoms with E-state index < -0.39 is 0 Å². The highest BCUT2D eigenvalue weighted by molar-refractivity contribution is 6.05. The first-order chi connectivity index (χ1) is 18.9. The fraction of sp³-hybridized carbons (Fsp3) is 0.517. The molecule has 10 heteroatoms. The molecule has 0 radical (unpaired) electrons. The van der Waals surface area contributed by atoms with Crippen LogP contribution < -0.4 is 4.74 Å². The number of hydrogen-bond acceptors (Lipinski definition) is 8. The number of Topliss-reactive ketones (excluding diaryl/α,β-unsaturated/α-hetero) is 2. The number of fused-ring (bicyclic) bond motifs is 2. The van der Waals surface area contributed by atoms with Crippen molar-refractivity contribution in [1.29, 1.82) is 0 Å². The average molecular weight is 532 g/mol. The zero-order valence-electron chi connectivity index (χ0n) is 22.3. The first kappa shape index (κ1) is 25.6. The third-order valence-corrected chi connectivity index (χ3v) is 8.41. The number of carbonyl (C=O) groups is 3. The van der Waals surface area contributed by atoms with Crippen LogP contribution in [0.3, 0.4) is 0 Å². The summed E-state index contributed by atoms with van der Waals surface area (Å²) >= 11 is 0. The lowest BCUT2D eigenvalue weighted by Crippen LogP contribution is -2.45. The topological polar surface area (TPSA) is 117 Å². The molecule has 5 atom stereocenters. The Bertz CT molecular complexity index is 1410. The third kappa shape index (κ3) is 5.17. The maximum absolute atomic E-state index is 13.6. The highest BCUT2D eigenvalue weighted by Crippen LogP contribution is 2.49. The van der Waals surface area contributed by atoms with Crippen molar-refractivity contribution in [3.63, 3.8) is 0 Å². The van der Waals surface area contributed by atoms with Crippen molar-refractivity contribution >= 4 is 28.4 Å². The van der Waals surface area contributed by atoms with Crippen LogP contribution in [0.1, 0.15) is 61.8 Å². The van der Waals surface area contributed by atoms with Crippen molar-refractivity contribution in [1.82, 2.24) is 24.6 Å². The number of carbonyl (C=O) groups excluding carboxylic acids is 3. The van der Waals surface area contributed by atoms with E-state index in [0.717, 1.165) is 32.1 Å².